The lowest BCUT2D eigenvalue weighted by Crippen LogP contribution is -1.84. The zero-order valence-corrected chi connectivity index (χ0v) is 8.09. The molecule has 0 aliphatic heterocycles. The molecule has 0 aliphatic rings. The third kappa shape index (κ3) is 7.11. The predicted molar refractivity (Wildman–Crippen MR) is 56.1 cm³/mol. The zero-order valence-electron chi connectivity index (χ0n) is 8.09. The molecule has 0 nitrogen and oxygen atoms in total. The van der Waals surface area contributed by atoms with Gasteiger partial charge in [0.25, 0.3) is 0 Å². The minimum atomic E-state index is 0.638. The highest BCUT2D eigenvalue weighted by Crippen LogP contribution is 2.04. The fourth-order valence-electron chi connectivity index (χ4n) is 0.892. The van der Waals surface area contributed by atoms with E-state index in [9.17, 15) is 0 Å². The Kier molecular flexibility index (Phi) is 7.42. The Morgan fingerprint density at radius 3 is 2.75 bits per heavy atom. The van der Waals surface area contributed by atoms with Crippen molar-refractivity contribution in [3.05, 3.63) is 42.7 Å². The summed E-state index contributed by atoms with van der Waals surface area (Å²) in [6.07, 6.45) is 12.7. The first-order valence-corrected chi connectivity index (χ1v) is 4.43. The van der Waals surface area contributed by atoms with Crippen LogP contribution in [0.5, 0.6) is 0 Å². The van der Waals surface area contributed by atoms with Gasteiger partial charge >= 0.3 is 0 Å². The summed E-state index contributed by atoms with van der Waals surface area (Å²) >= 11 is 0. The highest BCUT2D eigenvalue weighted by molar-refractivity contribution is 4.95. The summed E-state index contributed by atoms with van der Waals surface area (Å²) in [5.74, 6) is 0.638. The summed E-state index contributed by atoms with van der Waals surface area (Å²) in [6.45, 7) is 7.77. The maximum atomic E-state index is 3.50. The molecule has 0 aromatic carbocycles. The molecule has 0 aromatic heterocycles. The van der Waals surface area contributed by atoms with Crippen LogP contribution in [-0.4, -0.2) is 0 Å². The summed E-state index contributed by atoms with van der Waals surface area (Å²) in [4.78, 5) is 0. The molecule has 0 rings (SSSR count). The molecule has 1 unspecified atom stereocenters. The molecule has 1 atom stereocenters. The van der Waals surface area contributed by atoms with Crippen molar-refractivity contribution in [2.24, 2.45) is 5.92 Å². The van der Waals surface area contributed by atoms with E-state index in [1.54, 1.807) is 0 Å². The van der Waals surface area contributed by atoms with Gasteiger partial charge in [-0.05, 0) is 31.8 Å². The predicted octanol–water partition coefficient (Wildman–Crippen LogP) is 3.88. The van der Waals surface area contributed by atoms with Crippen molar-refractivity contribution < 1.29 is 0 Å². The highest BCUT2D eigenvalue weighted by atomic mass is 14.0. The number of hydrogen-bond donors (Lipinski definition) is 0. The van der Waals surface area contributed by atoms with Crippen LogP contribution >= 0.6 is 0 Å². The van der Waals surface area contributed by atoms with Crippen LogP contribution in [0.4, 0.5) is 0 Å². The van der Waals surface area contributed by atoms with Crippen molar-refractivity contribution in [1.82, 2.24) is 0 Å². The van der Waals surface area contributed by atoms with Crippen LogP contribution in [0.25, 0.3) is 0 Å². The average molecular weight is 162 g/mol. The van der Waals surface area contributed by atoms with Gasteiger partial charge in [0, 0.05) is 0 Å². The van der Waals surface area contributed by atoms with Crippen molar-refractivity contribution >= 4 is 0 Å². The molecule has 0 heterocycles. The average Bonchev–Trinajstić information content (AvgIpc) is 2.09. The molecule has 12 heavy (non-hydrogen) atoms. The molecule has 66 valence electrons. The van der Waals surface area contributed by atoms with E-state index >= 15 is 0 Å². The van der Waals surface area contributed by atoms with E-state index in [1.165, 1.54) is 0 Å². The standard InChI is InChI=1S/C12H18/c1-4-6-8-9-11-12(3)10-7-5-2/h5-7,9,11-12H,1,8,10H2,2-3H3. The van der Waals surface area contributed by atoms with Gasteiger partial charge in [0.15, 0.2) is 0 Å². The molecule has 0 spiro atoms. The van der Waals surface area contributed by atoms with Crippen LogP contribution in [0, 0.1) is 5.92 Å². The van der Waals surface area contributed by atoms with Gasteiger partial charge in [0.2, 0.25) is 0 Å². The Labute approximate surface area is 76.0 Å². The highest BCUT2D eigenvalue weighted by Gasteiger charge is 1.90. The Morgan fingerprint density at radius 2 is 2.17 bits per heavy atom. The summed E-state index contributed by atoms with van der Waals surface area (Å²) in [6, 6.07) is 0. The van der Waals surface area contributed by atoms with Gasteiger partial charge in [-0.3, -0.25) is 0 Å². The summed E-state index contributed by atoms with van der Waals surface area (Å²) in [5.41, 5.74) is 2.74. The van der Waals surface area contributed by atoms with E-state index in [-0.39, 0.29) is 0 Å². The van der Waals surface area contributed by atoms with Crippen molar-refractivity contribution in [2.45, 2.75) is 26.7 Å². The second-order valence-electron chi connectivity index (χ2n) is 2.85. The number of rotatable bonds is 5. The monoisotopic (exact) mass is 162 g/mol. The first-order valence-electron chi connectivity index (χ1n) is 4.43. The largest absolute Gasteiger partial charge is 0.133 e. The number of allylic oxidation sites excluding steroid dienone is 5. The first-order chi connectivity index (χ1) is 5.81. The molecule has 0 N–H and O–H groups in total. The Balaban J connectivity index is 3.59. The summed E-state index contributed by atoms with van der Waals surface area (Å²) < 4.78 is 0. The van der Waals surface area contributed by atoms with E-state index in [1.807, 2.05) is 6.08 Å². The quantitative estimate of drug-likeness (QED) is 0.425. The molecule has 0 heteroatoms. The Morgan fingerprint density at radius 1 is 1.42 bits per heavy atom. The van der Waals surface area contributed by atoms with E-state index in [0.29, 0.717) is 5.92 Å². The zero-order chi connectivity index (χ0) is 9.23. The van der Waals surface area contributed by atoms with Crippen molar-refractivity contribution in [3.8, 4) is 0 Å². The molecule has 0 aliphatic carbocycles. The van der Waals surface area contributed by atoms with E-state index < -0.39 is 0 Å². The third-order valence-corrected chi connectivity index (χ3v) is 1.61. The van der Waals surface area contributed by atoms with Crippen molar-refractivity contribution in [1.29, 1.82) is 0 Å². The molecule has 0 fully saturated rings. The fourth-order valence-corrected chi connectivity index (χ4v) is 0.892. The van der Waals surface area contributed by atoms with Gasteiger partial charge in [0.05, 0.1) is 0 Å². The van der Waals surface area contributed by atoms with Gasteiger partial charge in [-0.15, -0.1) is 5.73 Å². The minimum Gasteiger partial charge on any atom is -0.133 e. The molecule has 0 bridgehead atoms. The number of hydrogen-bond acceptors (Lipinski definition) is 0. The SMILES string of the molecule is C=C=CCC=CC(C)CC=CC. The van der Waals surface area contributed by atoms with Crippen LogP contribution in [0.2, 0.25) is 0 Å². The second-order valence-corrected chi connectivity index (χ2v) is 2.85. The molecule has 0 amide bonds. The summed E-state index contributed by atoms with van der Waals surface area (Å²) in [7, 11) is 0. The second kappa shape index (κ2) is 8.10. The lowest BCUT2D eigenvalue weighted by atomic mass is 10.1. The van der Waals surface area contributed by atoms with Gasteiger partial charge in [-0.2, -0.15) is 0 Å². The first kappa shape index (κ1) is 11.0. The van der Waals surface area contributed by atoms with E-state index in [0.717, 1.165) is 12.8 Å². The third-order valence-electron chi connectivity index (χ3n) is 1.61. The van der Waals surface area contributed by atoms with Crippen molar-refractivity contribution in [2.75, 3.05) is 0 Å². The van der Waals surface area contributed by atoms with Crippen LogP contribution in [-0.2, 0) is 0 Å². The maximum absolute atomic E-state index is 3.50. The Bertz CT molecular complexity index is 190. The molecule has 0 aromatic rings. The van der Waals surface area contributed by atoms with Crippen molar-refractivity contribution in [3.63, 3.8) is 0 Å². The van der Waals surface area contributed by atoms with Crippen LogP contribution in [0.1, 0.15) is 26.7 Å². The van der Waals surface area contributed by atoms with Gasteiger partial charge in [-0.1, -0.05) is 37.8 Å². The van der Waals surface area contributed by atoms with E-state index in [4.69, 9.17) is 0 Å². The topological polar surface area (TPSA) is 0 Å². The molecule has 0 saturated carbocycles. The van der Waals surface area contributed by atoms with Crippen LogP contribution in [0.15, 0.2) is 42.7 Å². The van der Waals surface area contributed by atoms with Crippen LogP contribution < -0.4 is 0 Å². The van der Waals surface area contributed by atoms with E-state index in [2.05, 4.69) is 50.5 Å². The van der Waals surface area contributed by atoms with Gasteiger partial charge in [-0.25, -0.2) is 0 Å². The van der Waals surface area contributed by atoms with Gasteiger partial charge in [0.1, 0.15) is 0 Å². The molecule has 0 radical (unpaired) electrons. The molecular weight excluding hydrogens is 144 g/mol. The lowest BCUT2D eigenvalue weighted by molar-refractivity contribution is 0.741. The smallest absolute Gasteiger partial charge is 0.00930 e. The normalized spacial score (nSPS) is 13.5. The maximum Gasteiger partial charge on any atom is -0.00930 e. The Hall–Kier alpha value is -1.00. The fraction of sp³-hybridized carbons (Fsp3) is 0.417. The lowest BCUT2D eigenvalue weighted by Gasteiger charge is -1.99. The molecule has 0 saturated heterocycles. The summed E-state index contributed by atoms with van der Waals surface area (Å²) in [5, 5.41) is 0. The molecular formula is C12H18. The van der Waals surface area contributed by atoms with Gasteiger partial charge < -0.3 is 0 Å². The van der Waals surface area contributed by atoms with Crippen LogP contribution in [0.3, 0.4) is 0 Å². The minimum absolute atomic E-state index is 0.638.